The molecule has 0 radical (unpaired) electrons. The highest BCUT2D eigenvalue weighted by molar-refractivity contribution is 9.10. The first kappa shape index (κ1) is 17.6. The summed E-state index contributed by atoms with van der Waals surface area (Å²) in [6.45, 7) is 0. The molecule has 1 heterocycles. The van der Waals surface area contributed by atoms with E-state index >= 15 is 0 Å². The van der Waals surface area contributed by atoms with Gasteiger partial charge in [-0.1, -0.05) is 39.8 Å². The van der Waals surface area contributed by atoms with Crippen molar-refractivity contribution >= 4 is 27.7 Å². The molecular formula is C17H17BrN4O2S. The van der Waals surface area contributed by atoms with Gasteiger partial charge in [0.25, 0.3) is 0 Å². The molecule has 0 atom stereocenters. The standard InChI is InChI=1S/C17H17BrN4O2S/c1-23-14-7-6-12(9-15(14)24-2)16-20-21-17(22(16)19)25-10-11-4-3-5-13(18)8-11/h3-9H,10,19H2,1-2H3. The quantitative estimate of drug-likeness (QED) is 0.483. The maximum Gasteiger partial charge on any atom is 0.210 e. The van der Waals surface area contributed by atoms with E-state index in [9.17, 15) is 0 Å². The average molecular weight is 421 g/mol. The zero-order valence-electron chi connectivity index (χ0n) is 13.8. The van der Waals surface area contributed by atoms with Crippen molar-refractivity contribution in [2.75, 3.05) is 20.1 Å². The molecule has 0 bridgehead atoms. The van der Waals surface area contributed by atoms with Crippen LogP contribution in [0.1, 0.15) is 5.56 Å². The molecule has 130 valence electrons. The molecule has 1 aromatic heterocycles. The minimum absolute atomic E-state index is 0.567. The smallest absolute Gasteiger partial charge is 0.210 e. The number of nitrogens with zero attached hydrogens (tertiary/aromatic N) is 3. The minimum Gasteiger partial charge on any atom is -0.493 e. The number of halogens is 1. The second kappa shape index (κ2) is 7.79. The molecule has 25 heavy (non-hydrogen) atoms. The molecule has 0 saturated heterocycles. The minimum atomic E-state index is 0.567. The summed E-state index contributed by atoms with van der Waals surface area (Å²) in [5.74, 6) is 8.77. The summed E-state index contributed by atoms with van der Waals surface area (Å²) >= 11 is 5.00. The Morgan fingerprint density at radius 3 is 2.60 bits per heavy atom. The zero-order valence-corrected chi connectivity index (χ0v) is 16.2. The van der Waals surface area contributed by atoms with E-state index in [1.165, 1.54) is 22.0 Å². The third kappa shape index (κ3) is 3.91. The number of rotatable bonds is 6. The van der Waals surface area contributed by atoms with Gasteiger partial charge in [-0.3, -0.25) is 0 Å². The van der Waals surface area contributed by atoms with E-state index in [1.54, 1.807) is 14.2 Å². The van der Waals surface area contributed by atoms with E-state index in [1.807, 2.05) is 30.3 Å². The lowest BCUT2D eigenvalue weighted by molar-refractivity contribution is 0.355. The fourth-order valence-electron chi connectivity index (χ4n) is 2.32. The van der Waals surface area contributed by atoms with Crippen LogP contribution in [0.15, 0.2) is 52.1 Å². The van der Waals surface area contributed by atoms with Crippen molar-refractivity contribution in [3.8, 4) is 22.9 Å². The maximum atomic E-state index is 6.18. The summed E-state index contributed by atoms with van der Waals surface area (Å²) in [5.41, 5.74) is 1.98. The van der Waals surface area contributed by atoms with Crippen LogP contribution >= 0.6 is 27.7 Å². The molecule has 0 spiro atoms. The lowest BCUT2D eigenvalue weighted by atomic mass is 10.2. The van der Waals surface area contributed by atoms with Gasteiger partial charge in [-0.25, -0.2) is 4.68 Å². The molecule has 2 N–H and O–H groups in total. The molecule has 6 nitrogen and oxygen atoms in total. The van der Waals surface area contributed by atoms with Gasteiger partial charge in [0.2, 0.25) is 5.16 Å². The van der Waals surface area contributed by atoms with E-state index in [-0.39, 0.29) is 0 Å². The van der Waals surface area contributed by atoms with Crippen molar-refractivity contribution in [2.45, 2.75) is 10.9 Å². The van der Waals surface area contributed by atoms with Crippen molar-refractivity contribution in [1.29, 1.82) is 0 Å². The second-order valence-corrected chi connectivity index (χ2v) is 7.02. The first-order valence-corrected chi connectivity index (χ1v) is 9.20. The molecule has 3 rings (SSSR count). The highest BCUT2D eigenvalue weighted by Gasteiger charge is 2.14. The number of hydrogen-bond acceptors (Lipinski definition) is 6. The first-order chi connectivity index (χ1) is 12.1. The Bertz CT molecular complexity index is 885. The molecule has 8 heteroatoms. The highest BCUT2D eigenvalue weighted by atomic mass is 79.9. The molecule has 0 aliphatic heterocycles. The normalized spacial score (nSPS) is 10.7. The van der Waals surface area contributed by atoms with Gasteiger partial charge in [-0.15, -0.1) is 10.2 Å². The van der Waals surface area contributed by atoms with E-state index in [0.717, 1.165) is 15.8 Å². The van der Waals surface area contributed by atoms with Gasteiger partial charge >= 0.3 is 0 Å². The lowest BCUT2D eigenvalue weighted by Crippen LogP contribution is -2.11. The highest BCUT2D eigenvalue weighted by Crippen LogP contribution is 2.32. The number of thioether (sulfide) groups is 1. The van der Waals surface area contributed by atoms with Crippen molar-refractivity contribution in [1.82, 2.24) is 14.9 Å². The molecule has 2 aromatic carbocycles. The van der Waals surface area contributed by atoms with Gasteiger partial charge < -0.3 is 15.3 Å². The largest absolute Gasteiger partial charge is 0.493 e. The number of aromatic nitrogens is 3. The van der Waals surface area contributed by atoms with Gasteiger partial charge in [-0.2, -0.15) is 0 Å². The number of ether oxygens (including phenoxy) is 2. The van der Waals surface area contributed by atoms with E-state index in [4.69, 9.17) is 15.3 Å². The van der Waals surface area contributed by atoms with Crippen LogP contribution in [0.5, 0.6) is 11.5 Å². The Kier molecular flexibility index (Phi) is 5.50. The lowest BCUT2D eigenvalue weighted by Gasteiger charge is -2.09. The second-order valence-electron chi connectivity index (χ2n) is 5.16. The van der Waals surface area contributed by atoms with E-state index in [2.05, 4.69) is 38.3 Å². The SMILES string of the molecule is COc1ccc(-c2nnc(SCc3cccc(Br)c3)n2N)cc1OC. The summed E-state index contributed by atoms with van der Waals surface area (Å²) < 4.78 is 13.1. The van der Waals surface area contributed by atoms with Crippen LogP contribution in [0.2, 0.25) is 0 Å². The Morgan fingerprint density at radius 1 is 1.08 bits per heavy atom. The summed E-state index contributed by atoms with van der Waals surface area (Å²) in [4.78, 5) is 0. The van der Waals surface area contributed by atoms with Crippen LogP contribution in [0.4, 0.5) is 0 Å². The molecule has 0 fully saturated rings. The van der Waals surface area contributed by atoms with Crippen LogP contribution in [0.25, 0.3) is 11.4 Å². The Morgan fingerprint density at radius 2 is 1.88 bits per heavy atom. The van der Waals surface area contributed by atoms with Gasteiger partial charge in [0.1, 0.15) is 0 Å². The molecule has 0 aliphatic rings. The molecule has 0 unspecified atom stereocenters. The number of benzene rings is 2. The predicted molar refractivity (Wildman–Crippen MR) is 102 cm³/mol. The monoisotopic (exact) mass is 420 g/mol. The Labute approximate surface area is 158 Å². The van der Waals surface area contributed by atoms with Crippen molar-refractivity contribution in [2.24, 2.45) is 0 Å². The number of methoxy groups -OCH3 is 2. The summed E-state index contributed by atoms with van der Waals surface area (Å²) in [6.07, 6.45) is 0. The molecule has 3 aromatic rings. The predicted octanol–water partition coefficient (Wildman–Crippen LogP) is 3.73. The number of nitrogen functional groups attached to an aromatic ring is 1. The van der Waals surface area contributed by atoms with Crippen LogP contribution in [0.3, 0.4) is 0 Å². The van der Waals surface area contributed by atoms with Crippen LogP contribution < -0.4 is 15.3 Å². The fraction of sp³-hybridized carbons (Fsp3) is 0.176. The topological polar surface area (TPSA) is 75.2 Å². The van der Waals surface area contributed by atoms with E-state index in [0.29, 0.717) is 22.5 Å². The average Bonchev–Trinajstić information content (AvgIpc) is 3.00. The molecule has 0 saturated carbocycles. The van der Waals surface area contributed by atoms with Crippen molar-refractivity contribution < 1.29 is 9.47 Å². The van der Waals surface area contributed by atoms with E-state index < -0.39 is 0 Å². The number of hydrogen-bond donors (Lipinski definition) is 1. The maximum absolute atomic E-state index is 6.18. The third-order valence-electron chi connectivity index (χ3n) is 3.56. The summed E-state index contributed by atoms with van der Waals surface area (Å²) in [7, 11) is 3.19. The van der Waals surface area contributed by atoms with Gasteiger partial charge in [0, 0.05) is 15.8 Å². The van der Waals surface area contributed by atoms with Crippen LogP contribution in [-0.2, 0) is 5.75 Å². The molecule has 0 aliphatic carbocycles. The molecular weight excluding hydrogens is 404 g/mol. The van der Waals surface area contributed by atoms with Crippen molar-refractivity contribution in [3.05, 3.63) is 52.5 Å². The van der Waals surface area contributed by atoms with Gasteiger partial charge in [0.15, 0.2) is 17.3 Å². The van der Waals surface area contributed by atoms with Crippen LogP contribution in [0, 0.1) is 0 Å². The summed E-state index contributed by atoms with van der Waals surface area (Å²) in [5, 5.41) is 9.05. The van der Waals surface area contributed by atoms with Crippen LogP contribution in [-0.4, -0.2) is 29.1 Å². The third-order valence-corrected chi connectivity index (χ3v) is 5.07. The Balaban J connectivity index is 1.81. The zero-order chi connectivity index (χ0) is 17.8. The van der Waals surface area contributed by atoms with Gasteiger partial charge in [0.05, 0.1) is 14.2 Å². The first-order valence-electron chi connectivity index (χ1n) is 7.42. The Hall–Kier alpha value is -2.19. The fourth-order valence-corrected chi connectivity index (χ4v) is 3.57. The van der Waals surface area contributed by atoms with Gasteiger partial charge in [-0.05, 0) is 35.9 Å². The summed E-state index contributed by atoms with van der Waals surface area (Å²) in [6, 6.07) is 13.6. The number of nitrogens with two attached hydrogens (primary N) is 1. The van der Waals surface area contributed by atoms with Crippen molar-refractivity contribution in [3.63, 3.8) is 0 Å². The molecule has 0 amide bonds.